The first-order chi connectivity index (χ1) is 9.39. The zero-order valence-electron chi connectivity index (χ0n) is 13.6. The van der Waals surface area contributed by atoms with Crippen molar-refractivity contribution in [1.82, 2.24) is 4.90 Å². The van der Waals surface area contributed by atoms with Crippen LogP contribution in [-0.4, -0.2) is 35.1 Å². The molecule has 20 heavy (non-hydrogen) atoms. The van der Waals surface area contributed by atoms with E-state index in [0.717, 1.165) is 37.8 Å². The molecule has 3 nitrogen and oxygen atoms in total. The van der Waals surface area contributed by atoms with Crippen molar-refractivity contribution in [1.29, 1.82) is 0 Å². The lowest BCUT2D eigenvalue weighted by Gasteiger charge is -2.43. The fraction of sp³-hybridized carbons (Fsp3) is 0.941. The van der Waals surface area contributed by atoms with Gasteiger partial charge in [0.15, 0.2) is 0 Å². The molecule has 1 aliphatic heterocycles. The number of hydrogen-bond acceptors (Lipinski definition) is 2. The Bertz CT molecular complexity index is 355. The van der Waals surface area contributed by atoms with Crippen LogP contribution in [0.3, 0.4) is 0 Å². The van der Waals surface area contributed by atoms with Crippen molar-refractivity contribution in [3.05, 3.63) is 0 Å². The highest BCUT2D eigenvalue weighted by atomic mass is 16.4. The summed E-state index contributed by atoms with van der Waals surface area (Å²) in [5.41, 5.74) is -0.484. The van der Waals surface area contributed by atoms with E-state index in [0.29, 0.717) is 12.0 Å². The Morgan fingerprint density at radius 3 is 2.60 bits per heavy atom. The average Bonchev–Trinajstić information content (AvgIpc) is 2.83. The number of rotatable bonds is 4. The van der Waals surface area contributed by atoms with E-state index < -0.39 is 11.4 Å². The minimum absolute atomic E-state index is 0.484. The highest BCUT2D eigenvalue weighted by Crippen LogP contribution is 2.42. The molecular weight excluding hydrogens is 250 g/mol. The molecule has 0 bridgehead atoms. The zero-order chi connectivity index (χ0) is 14.9. The molecule has 2 rings (SSSR count). The summed E-state index contributed by atoms with van der Waals surface area (Å²) in [7, 11) is 0. The molecule has 0 spiro atoms. The van der Waals surface area contributed by atoms with Gasteiger partial charge in [0.1, 0.15) is 0 Å². The summed E-state index contributed by atoms with van der Waals surface area (Å²) in [4.78, 5) is 14.1. The van der Waals surface area contributed by atoms with Gasteiger partial charge in [-0.05, 0) is 50.0 Å². The van der Waals surface area contributed by atoms with Gasteiger partial charge >= 0.3 is 5.97 Å². The highest BCUT2D eigenvalue weighted by molar-refractivity contribution is 5.75. The first-order valence-electron chi connectivity index (χ1n) is 8.37. The summed E-state index contributed by atoms with van der Waals surface area (Å²) in [6.45, 7) is 10.8. The van der Waals surface area contributed by atoms with E-state index in [4.69, 9.17) is 0 Å². The van der Waals surface area contributed by atoms with E-state index in [-0.39, 0.29) is 0 Å². The first kappa shape index (κ1) is 15.8. The molecule has 2 aliphatic rings. The van der Waals surface area contributed by atoms with Crippen LogP contribution in [0.2, 0.25) is 0 Å². The van der Waals surface area contributed by atoms with Crippen molar-refractivity contribution < 1.29 is 9.90 Å². The van der Waals surface area contributed by atoms with Gasteiger partial charge in [-0.3, -0.25) is 9.69 Å². The number of carboxylic acid groups (broad SMARTS) is 1. The van der Waals surface area contributed by atoms with Gasteiger partial charge in [0.2, 0.25) is 0 Å². The molecule has 1 N–H and O–H groups in total. The van der Waals surface area contributed by atoms with Crippen LogP contribution in [0.1, 0.15) is 59.8 Å². The van der Waals surface area contributed by atoms with Crippen molar-refractivity contribution in [2.24, 2.45) is 23.2 Å². The largest absolute Gasteiger partial charge is 0.481 e. The van der Waals surface area contributed by atoms with Crippen LogP contribution in [-0.2, 0) is 4.79 Å². The van der Waals surface area contributed by atoms with Crippen LogP contribution < -0.4 is 0 Å². The lowest BCUT2D eigenvalue weighted by molar-refractivity contribution is -0.148. The molecule has 1 saturated carbocycles. The Morgan fingerprint density at radius 2 is 2.10 bits per heavy atom. The maximum Gasteiger partial charge on any atom is 0.310 e. The first-order valence-corrected chi connectivity index (χ1v) is 8.37. The molecule has 3 heteroatoms. The SMILES string of the molecule is CCC1(C(=O)O)CCN(C2CC(C)CCC2C(C)C)C1. The van der Waals surface area contributed by atoms with Crippen LogP contribution >= 0.6 is 0 Å². The molecular formula is C17H31NO2. The standard InChI is InChI=1S/C17H31NO2/c1-5-17(16(19)20)8-9-18(11-17)15-10-13(4)6-7-14(15)12(2)3/h12-15H,5-11H2,1-4H3,(H,19,20). The number of aliphatic carboxylic acids is 1. The fourth-order valence-electron chi connectivity index (χ4n) is 4.37. The van der Waals surface area contributed by atoms with E-state index in [2.05, 4.69) is 25.7 Å². The van der Waals surface area contributed by atoms with Gasteiger partial charge in [-0.25, -0.2) is 0 Å². The topological polar surface area (TPSA) is 40.5 Å². The molecule has 0 aromatic heterocycles. The van der Waals surface area contributed by atoms with Gasteiger partial charge in [-0.2, -0.15) is 0 Å². The third-order valence-corrected chi connectivity index (χ3v) is 5.97. The number of carbonyl (C=O) groups is 1. The van der Waals surface area contributed by atoms with Crippen molar-refractivity contribution in [3.8, 4) is 0 Å². The second kappa shape index (κ2) is 6.05. The minimum Gasteiger partial charge on any atom is -0.481 e. The molecule has 1 aliphatic carbocycles. The predicted octanol–water partition coefficient (Wildman–Crippen LogP) is 3.63. The van der Waals surface area contributed by atoms with Crippen molar-refractivity contribution in [2.45, 2.75) is 65.8 Å². The molecule has 116 valence electrons. The van der Waals surface area contributed by atoms with Gasteiger partial charge < -0.3 is 5.11 Å². The average molecular weight is 281 g/mol. The monoisotopic (exact) mass is 281 g/mol. The smallest absolute Gasteiger partial charge is 0.310 e. The van der Waals surface area contributed by atoms with Gasteiger partial charge in [0.05, 0.1) is 5.41 Å². The van der Waals surface area contributed by atoms with Gasteiger partial charge in [0, 0.05) is 12.6 Å². The highest BCUT2D eigenvalue weighted by Gasteiger charge is 2.47. The lowest BCUT2D eigenvalue weighted by atomic mass is 9.73. The summed E-state index contributed by atoms with van der Waals surface area (Å²) >= 11 is 0. The maximum absolute atomic E-state index is 11.6. The molecule has 2 fully saturated rings. The maximum atomic E-state index is 11.6. The number of nitrogens with zero attached hydrogens (tertiary/aromatic N) is 1. The molecule has 0 amide bonds. The summed E-state index contributed by atoms with van der Waals surface area (Å²) in [6, 6.07) is 0.603. The number of likely N-dealkylation sites (tertiary alicyclic amines) is 1. The second-order valence-corrected chi connectivity index (χ2v) is 7.55. The van der Waals surface area contributed by atoms with Crippen LogP contribution in [0, 0.1) is 23.2 Å². The Hall–Kier alpha value is -0.570. The third kappa shape index (κ3) is 2.88. The van der Waals surface area contributed by atoms with Crippen LogP contribution in [0.5, 0.6) is 0 Å². The van der Waals surface area contributed by atoms with E-state index in [9.17, 15) is 9.90 Å². The third-order valence-electron chi connectivity index (χ3n) is 5.97. The summed E-state index contributed by atoms with van der Waals surface area (Å²) in [5.74, 6) is 1.64. The van der Waals surface area contributed by atoms with Gasteiger partial charge in [-0.15, -0.1) is 0 Å². The second-order valence-electron chi connectivity index (χ2n) is 7.55. The predicted molar refractivity (Wildman–Crippen MR) is 81.7 cm³/mol. The molecule has 4 unspecified atom stereocenters. The van der Waals surface area contributed by atoms with Gasteiger partial charge in [-0.1, -0.05) is 34.1 Å². The Kier molecular flexibility index (Phi) is 4.78. The van der Waals surface area contributed by atoms with Crippen molar-refractivity contribution >= 4 is 5.97 Å². The van der Waals surface area contributed by atoms with E-state index in [1.807, 2.05) is 6.92 Å². The van der Waals surface area contributed by atoms with E-state index >= 15 is 0 Å². The normalized spacial score (nSPS) is 39.4. The summed E-state index contributed by atoms with van der Waals surface area (Å²) in [6.07, 6.45) is 5.49. The molecule has 1 heterocycles. The molecule has 0 aromatic rings. The lowest BCUT2D eigenvalue weighted by Crippen LogP contribution is -2.46. The van der Waals surface area contributed by atoms with Gasteiger partial charge in [0.25, 0.3) is 0 Å². The Morgan fingerprint density at radius 1 is 1.40 bits per heavy atom. The minimum atomic E-state index is -0.590. The number of hydrogen-bond donors (Lipinski definition) is 1. The Labute approximate surface area is 123 Å². The Balaban J connectivity index is 2.12. The van der Waals surface area contributed by atoms with E-state index in [1.54, 1.807) is 0 Å². The summed E-state index contributed by atoms with van der Waals surface area (Å²) < 4.78 is 0. The van der Waals surface area contributed by atoms with Crippen LogP contribution in [0.15, 0.2) is 0 Å². The van der Waals surface area contributed by atoms with Crippen LogP contribution in [0.25, 0.3) is 0 Å². The van der Waals surface area contributed by atoms with Crippen molar-refractivity contribution in [2.75, 3.05) is 13.1 Å². The summed E-state index contributed by atoms with van der Waals surface area (Å²) in [5, 5.41) is 9.58. The van der Waals surface area contributed by atoms with E-state index in [1.165, 1.54) is 19.3 Å². The molecule has 0 radical (unpaired) electrons. The zero-order valence-corrected chi connectivity index (χ0v) is 13.6. The van der Waals surface area contributed by atoms with Crippen LogP contribution in [0.4, 0.5) is 0 Å². The quantitative estimate of drug-likeness (QED) is 0.855. The number of carboxylic acids is 1. The fourth-order valence-corrected chi connectivity index (χ4v) is 4.37. The molecule has 0 aromatic carbocycles. The van der Waals surface area contributed by atoms with Crippen molar-refractivity contribution in [3.63, 3.8) is 0 Å². The molecule has 1 saturated heterocycles. The molecule has 4 atom stereocenters.